The average Bonchev–Trinajstić information content (AvgIpc) is 3.25. The molecular formula is C19H18N8O4S. The predicted molar refractivity (Wildman–Crippen MR) is 118 cm³/mol. The van der Waals surface area contributed by atoms with Gasteiger partial charge >= 0.3 is 5.69 Å². The van der Waals surface area contributed by atoms with Gasteiger partial charge in [-0.25, -0.2) is 4.79 Å². The Morgan fingerprint density at radius 2 is 1.75 bits per heavy atom. The van der Waals surface area contributed by atoms with Crippen molar-refractivity contribution in [2.75, 3.05) is 11.1 Å². The zero-order valence-corrected chi connectivity index (χ0v) is 18.2. The summed E-state index contributed by atoms with van der Waals surface area (Å²) in [5, 5.41) is 22.9. The molecule has 0 saturated carbocycles. The first kappa shape index (κ1) is 21.2. The van der Waals surface area contributed by atoms with E-state index in [-0.39, 0.29) is 22.8 Å². The van der Waals surface area contributed by atoms with Gasteiger partial charge < -0.3 is 9.88 Å². The van der Waals surface area contributed by atoms with Crippen molar-refractivity contribution in [2.24, 2.45) is 21.1 Å². The Bertz CT molecular complexity index is 1410. The van der Waals surface area contributed by atoms with Gasteiger partial charge in [-0.2, -0.15) is 0 Å². The first-order valence-electron chi connectivity index (χ1n) is 9.34. The molecule has 3 heterocycles. The van der Waals surface area contributed by atoms with Crippen LogP contribution in [-0.2, 0) is 25.9 Å². The normalized spacial score (nSPS) is 11.1. The van der Waals surface area contributed by atoms with Crippen LogP contribution in [0.3, 0.4) is 0 Å². The van der Waals surface area contributed by atoms with Crippen molar-refractivity contribution in [1.29, 1.82) is 0 Å². The highest BCUT2D eigenvalue weighted by Gasteiger charge is 2.21. The second-order valence-corrected chi connectivity index (χ2v) is 7.90. The van der Waals surface area contributed by atoms with E-state index in [1.165, 1.54) is 28.3 Å². The fourth-order valence-corrected chi connectivity index (χ4v) is 4.01. The van der Waals surface area contributed by atoms with Gasteiger partial charge in [-0.05, 0) is 18.2 Å². The lowest BCUT2D eigenvalue weighted by molar-refractivity contribution is -0.383. The number of aromatic nitrogens is 6. The number of nitrogens with zero attached hydrogens (tertiary/aromatic N) is 7. The number of benzene rings is 1. The Balaban J connectivity index is 1.54. The minimum Gasteiger partial charge on any atom is -0.320 e. The maximum Gasteiger partial charge on any atom is 0.328 e. The lowest BCUT2D eigenvalue weighted by Gasteiger charge is -2.07. The molecule has 0 saturated heterocycles. The number of nitro benzene ring substituents is 1. The molecule has 0 fully saturated rings. The summed E-state index contributed by atoms with van der Waals surface area (Å²) < 4.78 is 4.43. The molecular weight excluding hydrogens is 436 g/mol. The van der Waals surface area contributed by atoms with Crippen LogP contribution >= 0.6 is 11.8 Å². The van der Waals surface area contributed by atoms with Gasteiger partial charge in [0.1, 0.15) is 5.69 Å². The van der Waals surface area contributed by atoms with Crippen molar-refractivity contribution in [1.82, 2.24) is 28.9 Å². The molecule has 0 aliphatic carbocycles. The topological polar surface area (TPSA) is 143 Å². The van der Waals surface area contributed by atoms with Crippen LogP contribution in [0.15, 0.2) is 46.6 Å². The number of carbonyl (C=O) groups is 1. The molecule has 4 rings (SSSR count). The summed E-state index contributed by atoms with van der Waals surface area (Å²) in [6.45, 7) is 0. The summed E-state index contributed by atoms with van der Waals surface area (Å²) in [5.41, 5.74) is 1.12. The second kappa shape index (κ2) is 8.26. The lowest BCUT2D eigenvalue weighted by atomic mass is 10.2. The van der Waals surface area contributed by atoms with Crippen LogP contribution in [0.1, 0.15) is 0 Å². The van der Waals surface area contributed by atoms with E-state index in [0.717, 1.165) is 17.3 Å². The Labute approximate surface area is 185 Å². The number of rotatable bonds is 6. The molecule has 1 N–H and O–H groups in total. The largest absolute Gasteiger partial charge is 0.328 e. The Morgan fingerprint density at radius 1 is 1.09 bits per heavy atom. The summed E-state index contributed by atoms with van der Waals surface area (Å²) in [4.78, 5) is 39.6. The van der Waals surface area contributed by atoms with Gasteiger partial charge in [-0.15, -0.1) is 10.2 Å². The number of nitrogens with one attached hydrogen (secondary N) is 1. The third-order valence-corrected chi connectivity index (χ3v) is 5.99. The van der Waals surface area contributed by atoms with Crippen LogP contribution in [0.2, 0.25) is 0 Å². The summed E-state index contributed by atoms with van der Waals surface area (Å²) in [6.07, 6.45) is 3.30. The van der Waals surface area contributed by atoms with E-state index in [1.54, 1.807) is 43.2 Å². The predicted octanol–water partition coefficient (Wildman–Crippen LogP) is 1.71. The van der Waals surface area contributed by atoms with Gasteiger partial charge in [0, 0.05) is 45.2 Å². The maximum absolute atomic E-state index is 12.5. The maximum atomic E-state index is 12.5. The number of hydrogen-bond donors (Lipinski definition) is 1. The zero-order chi connectivity index (χ0) is 23.0. The fourth-order valence-electron chi connectivity index (χ4n) is 3.29. The first-order chi connectivity index (χ1) is 15.3. The van der Waals surface area contributed by atoms with E-state index in [0.29, 0.717) is 22.0 Å². The summed E-state index contributed by atoms with van der Waals surface area (Å²) in [7, 11) is 4.88. The highest BCUT2D eigenvalue weighted by Crippen LogP contribution is 2.30. The van der Waals surface area contributed by atoms with Crippen molar-refractivity contribution in [3.05, 3.63) is 57.3 Å². The molecule has 13 heteroatoms. The number of hydrogen-bond acceptors (Lipinski definition) is 8. The van der Waals surface area contributed by atoms with E-state index in [2.05, 4.69) is 20.5 Å². The molecule has 1 aromatic carbocycles. The van der Waals surface area contributed by atoms with Crippen molar-refractivity contribution in [2.45, 2.75) is 5.16 Å². The van der Waals surface area contributed by atoms with Gasteiger partial charge in [0.2, 0.25) is 5.91 Å². The van der Waals surface area contributed by atoms with Crippen LogP contribution in [0, 0.1) is 10.1 Å². The molecule has 4 aromatic rings. The molecule has 3 aromatic heterocycles. The smallest absolute Gasteiger partial charge is 0.320 e. The summed E-state index contributed by atoms with van der Waals surface area (Å²) >= 11 is 1.15. The van der Waals surface area contributed by atoms with E-state index in [1.807, 2.05) is 0 Å². The number of nitro groups is 1. The van der Waals surface area contributed by atoms with E-state index < -0.39 is 10.8 Å². The van der Waals surface area contributed by atoms with Crippen molar-refractivity contribution >= 4 is 40.1 Å². The monoisotopic (exact) mass is 454 g/mol. The molecule has 0 bridgehead atoms. The number of fused-ring (bicyclic) bond motifs is 1. The minimum absolute atomic E-state index is 0.0183. The first-order valence-corrected chi connectivity index (χ1v) is 10.3. The second-order valence-electron chi connectivity index (χ2n) is 6.95. The Hall–Kier alpha value is -4.00. The SMILES string of the molecule is Cn1c(SCC(=O)Nc2cc3c(cc2[N+](=O)[O-])n(C)c(=O)n3C)nnc1-c1ccncc1. The molecule has 0 radical (unpaired) electrons. The van der Waals surface area contributed by atoms with Crippen LogP contribution in [-0.4, -0.2) is 45.5 Å². The molecule has 0 aliphatic rings. The molecule has 0 spiro atoms. The van der Waals surface area contributed by atoms with E-state index in [9.17, 15) is 19.7 Å². The Morgan fingerprint density at radius 3 is 2.41 bits per heavy atom. The van der Waals surface area contributed by atoms with Gasteiger partial charge in [-0.3, -0.25) is 29.0 Å². The van der Waals surface area contributed by atoms with Gasteiger partial charge in [0.15, 0.2) is 11.0 Å². The number of thioether (sulfide) groups is 1. The summed E-state index contributed by atoms with van der Waals surface area (Å²) in [5.74, 6) is 0.138. The minimum atomic E-state index is -0.594. The number of imidazole rings is 1. The van der Waals surface area contributed by atoms with E-state index >= 15 is 0 Å². The number of anilines is 1. The van der Waals surface area contributed by atoms with Crippen LogP contribution < -0.4 is 11.0 Å². The standard InChI is InChI=1S/C19H18N8O4S/c1-24-14-8-12(13(27(30)31)9-15(14)25(2)19(24)29)21-16(28)10-32-18-23-22-17(26(18)3)11-4-6-20-7-5-11/h4-9H,10H2,1-3H3,(H,21,28). The third-order valence-electron chi connectivity index (χ3n) is 4.97. The van der Waals surface area contributed by atoms with Gasteiger partial charge in [0.05, 0.1) is 21.7 Å². The van der Waals surface area contributed by atoms with Gasteiger partial charge in [0.25, 0.3) is 5.69 Å². The highest BCUT2D eigenvalue weighted by atomic mass is 32.2. The molecule has 32 heavy (non-hydrogen) atoms. The van der Waals surface area contributed by atoms with Crippen molar-refractivity contribution in [3.8, 4) is 11.4 Å². The van der Waals surface area contributed by atoms with Gasteiger partial charge in [-0.1, -0.05) is 11.8 Å². The molecule has 0 aliphatic heterocycles. The van der Waals surface area contributed by atoms with Crippen molar-refractivity contribution in [3.63, 3.8) is 0 Å². The molecule has 164 valence electrons. The molecule has 12 nitrogen and oxygen atoms in total. The fraction of sp³-hybridized carbons (Fsp3) is 0.211. The highest BCUT2D eigenvalue weighted by molar-refractivity contribution is 7.99. The Kier molecular flexibility index (Phi) is 5.48. The molecule has 0 atom stereocenters. The van der Waals surface area contributed by atoms with E-state index in [4.69, 9.17) is 0 Å². The number of carbonyl (C=O) groups excluding carboxylic acids is 1. The third kappa shape index (κ3) is 3.73. The lowest BCUT2D eigenvalue weighted by Crippen LogP contribution is -2.19. The number of pyridine rings is 1. The number of amides is 1. The quantitative estimate of drug-likeness (QED) is 0.263. The zero-order valence-electron chi connectivity index (χ0n) is 17.3. The van der Waals surface area contributed by atoms with Crippen LogP contribution in [0.25, 0.3) is 22.4 Å². The van der Waals surface area contributed by atoms with Crippen LogP contribution in [0.5, 0.6) is 0 Å². The number of aryl methyl sites for hydroxylation is 2. The van der Waals surface area contributed by atoms with Crippen LogP contribution in [0.4, 0.5) is 11.4 Å². The van der Waals surface area contributed by atoms with Crippen molar-refractivity contribution < 1.29 is 9.72 Å². The molecule has 0 unspecified atom stereocenters. The molecule has 1 amide bonds. The summed E-state index contributed by atoms with van der Waals surface area (Å²) in [6, 6.07) is 6.32. The average molecular weight is 454 g/mol.